The first-order chi connectivity index (χ1) is 18.4. The Bertz CT molecular complexity index is 1150. The maximum absolute atomic E-state index is 13.7. The van der Waals surface area contributed by atoms with Crippen molar-refractivity contribution in [3.8, 4) is 6.07 Å². The number of aromatic nitrogens is 1. The first-order valence-corrected chi connectivity index (χ1v) is 14.3. The second-order valence-electron chi connectivity index (χ2n) is 11.0. The molecule has 2 aromatic rings. The van der Waals surface area contributed by atoms with E-state index in [9.17, 15) is 14.9 Å². The Labute approximate surface area is 230 Å². The second-order valence-corrected chi connectivity index (χ2v) is 11.4. The van der Waals surface area contributed by atoms with Crippen LogP contribution in [0.4, 0.5) is 0 Å². The molecule has 1 aliphatic carbocycles. The molecule has 1 aromatic heterocycles. The van der Waals surface area contributed by atoms with Crippen LogP contribution in [0.2, 0.25) is 5.02 Å². The molecule has 206 valence electrons. The van der Waals surface area contributed by atoms with Gasteiger partial charge in [-0.15, -0.1) is 0 Å². The van der Waals surface area contributed by atoms with Crippen LogP contribution in [0.3, 0.4) is 0 Å². The van der Waals surface area contributed by atoms with Gasteiger partial charge >= 0.3 is 0 Å². The maximum Gasteiger partial charge on any atom is 0.268 e. The van der Waals surface area contributed by atoms with E-state index in [0.717, 1.165) is 69.4 Å². The standard InChI is InChI=1S/C29H40ClN5O3/c1-20(2)16-23(19-31)32-28(36)24-6-3-4-7-25(24)33-29(37)27-17-21-8-9-22(30)18-26(21)35(27)11-5-10-34-12-14-38-15-13-34/h8-9,17-18,20,23-25H,3-7,10-16H2,1-2H3,(H,32,36)(H,33,37). The van der Waals surface area contributed by atoms with E-state index < -0.39 is 6.04 Å². The van der Waals surface area contributed by atoms with Crippen LogP contribution in [0, 0.1) is 23.2 Å². The number of carbonyl (C=O) groups is 2. The topological polar surface area (TPSA) is 99.4 Å². The van der Waals surface area contributed by atoms with Crippen molar-refractivity contribution in [2.45, 2.75) is 71.0 Å². The van der Waals surface area contributed by atoms with Gasteiger partial charge in [-0.1, -0.05) is 44.4 Å². The Balaban J connectivity index is 1.48. The molecule has 8 nitrogen and oxygen atoms in total. The smallest absolute Gasteiger partial charge is 0.268 e. The van der Waals surface area contributed by atoms with Gasteiger partial charge in [0.2, 0.25) is 5.91 Å². The Morgan fingerprint density at radius 1 is 1.16 bits per heavy atom. The summed E-state index contributed by atoms with van der Waals surface area (Å²) in [4.78, 5) is 29.2. The van der Waals surface area contributed by atoms with Gasteiger partial charge in [0.1, 0.15) is 11.7 Å². The number of fused-ring (bicyclic) bond motifs is 1. The van der Waals surface area contributed by atoms with E-state index in [4.69, 9.17) is 16.3 Å². The summed E-state index contributed by atoms with van der Waals surface area (Å²) >= 11 is 6.33. The summed E-state index contributed by atoms with van der Waals surface area (Å²) in [6, 6.07) is 9.05. The summed E-state index contributed by atoms with van der Waals surface area (Å²) in [6.45, 7) is 9.09. The molecule has 1 saturated carbocycles. The zero-order valence-corrected chi connectivity index (χ0v) is 23.3. The van der Waals surface area contributed by atoms with Crippen LogP contribution < -0.4 is 10.6 Å². The van der Waals surface area contributed by atoms with E-state index in [1.165, 1.54) is 0 Å². The van der Waals surface area contributed by atoms with Gasteiger partial charge in [-0.05, 0) is 49.8 Å². The van der Waals surface area contributed by atoms with Crippen LogP contribution in [0.25, 0.3) is 10.9 Å². The molecule has 3 unspecified atom stereocenters. The number of ether oxygens (including phenoxy) is 1. The van der Waals surface area contributed by atoms with Gasteiger partial charge in [0.15, 0.2) is 0 Å². The first-order valence-electron chi connectivity index (χ1n) is 14.0. The first kappa shape index (κ1) is 28.4. The van der Waals surface area contributed by atoms with E-state index in [0.29, 0.717) is 36.0 Å². The van der Waals surface area contributed by atoms with Crippen LogP contribution in [0.1, 0.15) is 62.9 Å². The summed E-state index contributed by atoms with van der Waals surface area (Å²) in [7, 11) is 0. The number of nitriles is 1. The largest absolute Gasteiger partial charge is 0.379 e. The van der Waals surface area contributed by atoms with Gasteiger partial charge in [-0.3, -0.25) is 14.5 Å². The number of carbonyl (C=O) groups excluding carboxylic acids is 2. The lowest BCUT2D eigenvalue weighted by Crippen LogP contribution is -2.50. The van der Waals surface area contributed by atoms with Crippen molar-refractivity contribution in [2.75, 3.05) is 32.8 Å². The van der Waals surface area contributed by atoms with Gasteiger partial charge in [0.05, 0.1) is 30.7 Å². The van der Waals surface area contributed by atoms with Crippen LogP contribution in [0.15, 0.2) is 24.3 Å². The molecule has 0 radical (unpaired) electrons. The molecule has 0 spiro atoms. The quantitative estimate of drug-likeness (QED) is 0.465. The van der Waals surface area contributed by atoms with Crippen molar-refractivity contribution in [2.24, 2.45) is 11.8 Å². The fourth-order valence-electron chi connectivity index (χ4n) is 5.69. The number of hydrogen-bond acceptors (Lipinski definition) is 5. The average Bonchev–Trinajstić information content (AvgIpc) is 3.26. The number of halogens is 1. The summed E-state index contributed by atoms with van der Waals surface area (Å²) in [6.07, 6.45) is 4.85. The Morgan fingerprint density at radius 3 is 2.66 bits per heavy atom. The SMILES string of the molecule is CC(C)CC(C#N)NC(=O)C1CCCCC1NC(=O)c1cc2ccc(Cl)cc2n1CCCN1CCOCC1. The van der Waals surface area contributed by atoms with Crippen molar-refractivity contribution in [1.82, 2.24) is 20.1 Å². The van der Waals surface area contributed by atoms with Crippen LogP contribution in [-0.2, 0) is 16.1 Å². The van der Waals surface area contributed by atoms with Crippen molar-refractivity contribution in [3.63, 3.8) is 0 Å². The van der Waals surface area contributed by atoms with Crippen molar-refractivity contribution in [3.05, 3.63) is 35.0 Å². The van der Waals surface area contributed by atoms with Crippen molar-refractivity contribution >= 4 is 34.3 Å². The van der Waals surface area contributed by atoms with Crippen molar-refractivity contribution < 1.29 is 14.3 Å². The molecule has 1 saturated heterocycles. The molecule has 2 aliphatic rings. The average molecular weight is 542 g/mol. The van der Waals surface area contributed by atoms with E-state index in [1.807, 2.05) is 38.1 Å². The summed E-state index contributed by atoms with van der Waals surface area (Å²) in [5, 5.41) is 17.2. The van der Waals surface area contributed by atoms with Gasteiger partial charge in [-0.2, -0.15) is 5.26 Å². The zero-order valence-electron chi connectivity index (χ0n) is 22.5. The molecule has 38 heavy (non-hydrogen) atoms. The van der Waals surface area contributed by atoms with E-state index in [-0.39, 0.29) is 23.8 Å². The normalized spacial score (nSPS) is 21.2. The molecule has 0 bridgehead atoms. The van der Waals surface area contributed by atoms with E-state index in [1.54, 1.807) is 0 Å². The second kappa shape index (κ2) is 13.5. The lowest BCUT2D eigenvalue weighted by atomic mass is 9.83. The maximum atomic E-state index is 13.7. The lowest BCUT2D eigenvalue weighted by molar-refractivity contribution is -0.127. The number of nitrogens with one attached hydrogen (secondary N) is 2. The minimum absolute atomic E-state index is 0.139. The molecule has 2 amide bonds. The number of benzene rings is 1. The highest BCUT2D eigenvalue weighted by Gasteiger charge is 2.34. The summed E-state index contributed by atoms with van der Waals surface area (Å²) < 4.78 is 7.52. The fourth-order valence-corrected chi connectivity index (χ4v) is 5.85. The highest BCUT2D eigenvalue weighted by molar-refractivity contribution is 6.31. The molecule has 2 N–H and O–H groups in total. The highest BCUT2D eigenvalue weighted by atomic mass is 35.5. The van der Waals surface area contributed by atoms with Gasteiger partial charge in [0, 0.05) is 42.6 Å². The molecule has 2 heterocycles. The molecule has 4 rings (SSSR count). The number of aryl methyl sites for hydroxylation is 1. The summed E-state index contributed by atoms with van der Waals surface area (Å²) in [5.74, 6) is -0.350. The predicted molar refractivity (Wildman–Crippen MR) is 149 cm³/mol. The molecule has 3 atom stereocenters. The Morgan fingerprint density at radius 2 is 1.92 bits per heavy atom. The number of rotatable bonds is 10. The minimum atomic E-state index is -0.514. The molecule has 9 heteroatoms. The van der Waals surface area contributed by atoms with Gasteiger partial charge < -0.3 is 19.9 Å². The fraction of sp³-hybridized carbons (Fsp3) is 0.621. The zero-order chi connectivity index (χ0) is 27.1. The summed E-state index contributed by atoms with van der Waals surface area (Å²) in [5.41, 5.74) is 1.52. The van der Waals surface area contributed by atoms with Crippen LogP contribution in [0.5, 0.6) is 0 Å². The van der Waals surface area contributed by atoms with Crippen molar-refractivity contribution in [1.29, 1.82) is 5.26 Å². The minimum Gasteiger partial charge on any atom is -0.379 e. The molecule has 2 fully saturated rings. The number of hydrogen-bond donors (Lipinski definition) is 2. The lowest BCUT2D eigenvalue weighted by Gasteiger charge is -2.32. The third kappa shape index (κ3) is 7.28. The molecule has 1 aliphatic heterocycles. The Kier molecular flexibility index (Phi) is 10.1. The monoisotopic (exact) mass is 541 g/mol. The van der Waals surface area contributed by atoms with E-state index >= 15 is 0 Å². The van der Waals surface area contributed by atoms with Crippen LogP contribution in [-0.4, -0.2) is 66.2 Å². The highest BCUT2D eigenvalue weighted by Crippen LogP contribution is 2.28. The molecular weight excluding hydrogens is 502 g/mol. The number of nitrogens with zero attached hydrogens (tertiary/aromatic N) is 3. The van der Waals surface area contributed by atoms with Gasteiger partial charge in [-0.25, -0.2) is 0 Å². The number of morpholine rings is 1. The molecular formula is C29H40ClN5O3. The van der Waals surface area contributed by atoms with Gasteiger partial charge in [0.25, 0.3) is 5.91 Å². The predicted octanol–water partition coefficient (Wildman–Crippen LogP) is 4.36. The molecule has 1 aromatic carbocycles. The Hall–Kier alpha value is -2.60. The van der Waals surface area contributed by atoms with Crippen LogP contribution >= 0.6 is 11.6 Å². The third-order valence-electron chi connectivity index (χ3n) is 7.66. The third-order valence-corrected chi connectivity index (χ3v) is 7.89. The number of amides is 2. The van der Waals surface area contributed by atoms with E-state index in [2.05, 4.69) is 26.2 Å².